The quantitative estimate of drug-likeness (QED) is 0.573. The lowest BCUT2D eigenvalue weighted by Crippen LogP contribution is -2.48. The van der Waals surface area contributed by atoms with Gasteiger partial charge in [0, 0.05) is 11.1 Å². The summed E-state index contributed by atoms with van der Waals surface area (Å²) in [5.74, 6) is 5.71. The molecule has 18 heavy (non-hydrogen) atoms. The van der Waals surface area contributed by atoms with Crippen LogP contribution in [0.3, 0.4) is 0 Å². The average molecular weight is 271 g/mol. The summed E-state index contributed by atoms with van der Waals surface area (Å²) in [5, 5.41) is 2.66. The van der Waals surface area contributed by atoms with Crippen LogP contribution in [-0.4, -0.2) is 16.1 Å². The summed E-state index contributed by atoms with van der Waals surface area (Å²) in [6.07, 6.45) is 11.4. The largest absolute Gasteiger partial charge is 0.115 e. The highest BCUT2D eigenvalue weighted by Crippen LogP contribution is 2.12. The molecule has 1 aromatic rings. The molecule has 0 fully saturated rings. The van der Waals surface area contributed by atoms with E-state index in [9.17, 15) is 0 Å². The summed E-state index contributed by atoms with van der Waals surface area (Å²) in [6.45, 7) is 13.9. The first kappa shape index (κ1) is 14.8. The molecule has 0 nitrogen and oxygen atoms in total. The fourth-order valence-electron chi connectivity index (χ4n) is 2.06. The number of terminal acetylenes is 2. The second-order valence-corrected chi connectivity index (χ2v) is 16.8. The van der Waals surface area contributed by atoms with Crippen LogP contribution in [0.15, 0.2) is 12.1 Å². The maximum atomic E-state index is 5.78. The zero-order valence-corrected chi connectivity index (χ0v) is 14.3. The van der Waals surface area contributed by atoms with Crippen molar-refractivity contribution < 1.29 is 0 Å². The molecule has 0 aliphatic heterocycles. The Hall–Kier alpha value is -1.23. The Kier molecular flexibility index (Phi) is 3.96. The van der Waals surface area contributed by atoms with E-state index in [0.717, 1.165) is 11.1 Å². The van der Waals surface area contributed by atoms with Gasteiger partial charge in [0.15, 0.2) is 0 Å². The maximum Gasteiger partial charge on any atom is 0.0792 e. The van der Waals surface area contributed by atoms with Crippen molar-refractivity contribution in [2.24, 2.45) is 0 Å². The minimum absolute atomic E-state index is 0.976. The van der Waals surface area contributed by atoms with Crippen LogP contribution in [0.5, 0.6) is 0 Å². The molecular formula is C16H22Si2. The van der Waals surface area contributed by atoms with Crippen LogP contribution >= 0.6 is 0 Å². The molecule has 0 heterocycles. The van der Waals surface area contributed by atoms with Gasteiger partial charge in [0.2, 0.25) is 0 Å². The molecule has 0 unspecified atom stereocenters. The van der Waals surface area contributed by atoms with Crippen molar-refractivity contribution in [3.05, 3.63) is 23.3 Å². The molecular weight excluding hydrogens is 248 g/mol. The molecule has 0 N–H and O–H groups in total. The standard InChI is InChI=1S/C16H22Si2/c1-9-13-11-15(17(3,4)5)14(10-2)16(12-13)18(6,7)8/h1-2,11-12H,3-8H3. The third kappa shape index (κ3) is 2.96. The third-order valence-electron chi connectivity index (χ3n) is 3.07. The first-order valence-corrected chi connectivity index (χ1v) is 13.2. The van der Waals surface area contributed by atoms with E-state index in [2.05, 4.69) is 63.3 Å². The van der Waals surface area contributed by atoms with Crippen molar-refractivity contribution in [1.82, 2.24) is 0 Å². The van der Waals surface area contributed by atoms with Gasteiger partial charge in [0.05, 0.1) is 16.1 Å². The molecule has 0 radical (unpaired) electrons. The Labute approximate surface area is 114 Å². The predicted octanol–water partition coefficient (Wildman–Crippen LogP) is 2.74. The van der Waals surface area contributed by atoms with Crippen LogP contribution in [-0.2, 0) is 0 Å². The van der Waals surface area contributed by atoms with Gasteiger partial charge in [-0.05, 0) is 22.5 Å². The summed E-state index contributed by atoms with van der Waals surface area (Å²) >= 11 is 0. The molecule has 94 valence electrons. The zero-order chi connectivity index (χ0) is 14.1. The zero-order valence-electron chi connectivity index (χ0n) is 12.3. The van der Waals surface area contributed by atoms with E-state index in [-0.39, 0.29) is 0 Å². The van der Waals surface area contributed by atoms with E-state index in [1.807, 2.05) is 0 Å². The second kappa shape index (κ2) is 4.80. The molecule has 1 rings (SSSR count). The Morgan fingerprint density at radius 2 is 1.17 bits per heavy atom. The Bertz CT molecular complexity index is 505. The summed E-state index contributed by atoms with van der Waals surface area (Å²) in [6, 6.07) is 4.26. The number of rotatable bonds is 2. The van der Waals surface area contributed by atoms with E-state index >= 15 is 0 Å². The molecule has 1 aromatic carbocycles. The first-order chi connectivity index (χ1) is 8.11. The van der Waals surface area contributed by atoms with E-state index in [0.29, 0.717) is 0 Å². The van der Waals surface area contributed by atoms with Crippen molar-refractivity contribution in [3.8, 4) is 24.7 Å². The molecule has 0 atom stereocenters. The van der Waals surface area contributed by atoms with Crippen molar-refractivity contribution in [2.75, 3.05) is 0 Å². The molecule has 0 aliphatic rings. The van der Waals surface area contributed by atoms with Crippen molar-refractivity contribution >= 4 is 26.5 Å². The van der Waals surface area contributed by atoms with Crippen molar-refractivity contribution in [2.45, 2.75) is 39.3 Å². The van der Waals surface area contributed by atoms with Gasteiger partial charge in [-0.3, -0.25) is 0 Å². The second-order valence-electron chi connectivity index (χ2n) is 6.74. The highest BCUT2D eigenvalue weighted by Gasteiger charge is 2.27. The number of hydrogen-bond acceptors (Lipinski definition) is 0. The highest BCUT2D eigenvalue weighted by molar-refractivity contribution is 6.92. The van der Waals surface area contributed by atoms with Gasteiger partial charge >= 0.3 is 0 Å². The summed E-state index contributed by atoms with van der Waals surface area (Å²) in [5.41, 5.74) is 2.09. The Morgan fingerprint density at radius 3 is 1.39 bits per heavy atom. The Morgan fingerprint density at radius 1 is 0.778 bits per heavy atom. The number of benzene rings is 1. The van der Waals surface area contributed by atoms with Crippen LogP contribution < -0.4 is 10.4 Å². The molecule has 0 aliphatic carbocycles. The molecule has 2 heteroatoms. The van der Waals surface area contributed by atoms with Gasteiger partial charge in [-0.2, -0.15) is 0 Å². The molecule has 0 saturated heterocycles. The SMILES string of the molecule is C#Cc1cc([Si](C)(C)C)c(C#C)c([Si](C)(C)C)c1. The molecule has 0 bridgehead atoms. The lowest BCUT2D eigenvalue weighted by molar-refractivity contribution is 1.60. The summed E-state index contributed by atoms with van der Waals surface area (Å²) < 4.78 is 0. The molecule has 0 spiro atoms. The fraction of sp³-hybridized carbons (Fsp3) is 0.375. The van der Waals surface area contributed by atoms with Crippen LogP contribution in [0.4, 0.5) is 0 Å². The lowest BCUT2D eigenvalue weighted by Gasteiger charge is -2.26. The van der Waals surface area contributed by atoms with Crippen LogP contribution in [0, 0.1) is 24.7 Å². The van der Waals surface area contributed by atoms with Crippen LogP contribution in [0.1, 0.15) is 11.1 Å². The highest BCUT2D eigenvalue weighted by atomic mass is 28.3. The smallest absolute Gasteiger partial charge is 0.0792 e. The van der Waals surface area contributed by atoms with Gasteiger partial charge in [-0.15, -0.1) is 12.8 Å². The average Bonchev–Trinajstić information content (AvgIpc) is 2.24. The van der Waals surface area contributed by atoms with Gasteiger partial charge in [0.25, 0.3) is 0 Å². The monoisotopic (exact) mass is 270 g/mol. The summed E-state index contributed by atoms with van der Waals surface area (Å²) in [4.78, 5) is 0. The topological polar surface area (TPSA) is 0 Å². The third-order valence-corrected chi connectivity index (χ3v) is 7.09. The van der Waals surface area contributed by atoms with Crippen LogP contribution in [0.2, 0.25) is 39.3 Å². The van der Waals surface area contributed by atoms with Crippen molar-refractivity contribution in [1.29, 1.82) is 0 Å². The van der Waals surface area contributed by atoms with Gasteiger partial charge in [-0.25, -0.2) is 0 Å². The Balaban J connectivity index is 3.75. The molecule has 0 aromatic heterocycles. The van der Waals surface area contributed by atoms with Gasteiger partial charge < -0.3 is 0 Å². The maximum absolute atomic E-state index is 5.78. The van der Waals surface area contributed by atoms with E-state index in [1.54, 1.807) is 0 Å². The minimum Gasteiger partial charge on any atom is -0.115 e. The molecule has 0 amide bonds. The van der Waals surface area contributed by atoms with E-state index in [1.165, 1.54) is 10.4 Å². The van der Waals surface area contributed by atoms with E-state index in [4.69, 9.17) is 12.8 Å². The first-order valence-electron chi connectivity index (χ1n) is 6.23. The summed E-state index contributed by atoms with van der Waals surface area (Å²) in [7, 11) is -2.95. The van der Waals surface area contributed by atoms with Crippen LogP contribution in [0.25, 0.3) is 0 Å². The number of hydrogen-bond donors (Lipinski definition) is 0. The molecule has 0 saturated carbocycles. The minimum atomic E-state index is -1.47. The van der Waals surface area contributed by atoms with E-state index < -0.39 is 16.1 Å². The van der Waals surface area contributed by atoms with Gasteiger partial charge in [0.1, 0.15) is 0 Å². The predicted molar refractivity (Wildman–Crippen MR) is 88.3 cm³/mol. The van der Waals surface area contributed by atoms with Gasteiger partial charge in [-0.1, -0.05) is 51.1 Å². The van der Waals surface area contributed by atoms with Crippen molar-refractivity contribution in [3.63, 3.8) is 0 Å². The lowest BCUT2D eigenvalue weighted by atomic mass is 10.1. The normalized spacial score (nSPS) is 11.8. The fourth-order valence-corrected chi connectivity index (χ4v) is 5.28.